The van der Waals surface area contributed by atoms with Crippen molar-refractivity contribution in [3.63, 3.8) is 0 Å². The normalized spacial score (nSPS) is 13.7. The summed E-state index contributed by atoms with van der Waals surface area (Å²) >= 11 is 5.27. The number of alkyl halides is 1. The van der Waals surface area contributed by atoms with Gasteiger partial charge in [0, 0.05) is 7.11 Å². The summed E-state index contributed by atoms with van der Waals surface area (Å²) in [4.78, 5) is 0. The topological polar surface area (TPSA) is 18.5 Å². The Balaban J connectivity index is 2.88. The molecule has 2 nitrogen and oxygen atoms in total. The van der Waals surface area contributed by atoms with E-state index in [1.807, 2.05) is 6.92 Å². The third-order valence-electron chi connectivity index (χ3n) is 1.15. The predicted molar refractivity (Wildman–Crippen MR) is 37.8 cm³/mol. The van der Waals surface area contributed by atoms with Crippen molar-refractivity contribution in [2.75, 3.05) is 19.8 Å². The molecule has 0 fully saturated rings. The summed E-state index contributed by atoms with van der Waals surface area (Å²) in [6.07, 6.45) is 1.18. The summed E-state index contributed by atoms with van der Waals surface area (Å²) in [6.45, 7) is 2.68. The Labute approximate surface area is 61.1 Å². The maximum absolute atomic E-state index is 5.27. The lowest BCUT2D eigenvalue weighted by Gasteiger charge is -2.07. The van der Waals surface area contributed by atoms with Gasteiger partial charge in [-0.1, -0.05) is 11.6 Å². The van der Waals surface area contributed by atoms with Gasteiger partial charge in [0.25, 0.3) is 0 Å². The number of ether oxygens (including phenoxy) is 2. The third-order valence-corrected chi connectivity index (χ3v) is 1.30. The zero-order valence-corrected chi connectivity index (χ0v) is 6.65. The van der Waals surface area contributed by atoms with Crippen molar-refractivity contribution >= 4 is 11.6 Å². The average molecular weight is 153 g/mol. The van der Waals surface area contributed by atoms with Gasteiger partial charge in [-0.2, -0.15) is 0 Å². The summed E-state index contributed by atoms with van der Waals surface area (Å²) in [5.41, 5.74) is 0. The van der Waals surface area contributed by atoms with E-state index in [1.54, 1.807) is 7.11 Å². The van der Waals surface area contributed by atoms with Crippen LogP contribution in [0, 0.1) is 0 Å². The van der Waals surface area contributed by atoms with Gasteiger partial charge >= 0.3 is 0 Å². The van der Waals surface area contributed by atoms with Crippen molar-refractivity contribution < 1.29 is 9.47 Å². The Kier molecular flexibility index (Phi) is 6.48. The van der Waals surface area contributed by atoms with Crippen molar-refractivity contribution in [1.82, 2.24) is 0 Å². The van der Waals surface area contributed by atoms with Gasteiger partial charge in [0.05, 0.1) is 12.7 Å². The molecule has 0 spiro atoms. The molecule has 1 atom stereocenters. The number of halogens is 1. The minimum atomic E-state index is 0.271. The lowest BCUT2D eigenvalue weighted by atomic mass is 10.3. The van der Waals surface area contributed by atoms with Gasteiger partial charge in [-0.25, -0.2) is 0 Å². The van der Waals surface area contributed by atoms with E-state index >= 15 is 0 Å². The van der Waals surface area contributed by atoms with E-state index < -0.39 is 0 Å². The van der Waals surface area contributed by atoms with E-state index in [-0.39, 0.29) is 12.2 Å². The molecule has 9 heavy (non-hydrogen) atoms. The molecule has 1 unspecified atom stereocenters. The number of hydrogen-bond acceptors (Lipinski definition) is 2. The first-order chi connectivity index (χ1) is 4.31. The van der Waals surface area contributed by atoms with Gasteiger partial charge in [-0.05, 0) is 13.3 Å². The molecule has 0 amide bonds. The minimum absolute atomic E-state index is 0.271. The molecule has 3 heteroatoms. The number of hydrogen-bond donors (Lipinski definition) is 0. The summed E-state index contributed by atoms with van der Waals surface area (Å²) in [6, 6.07) is 0.274. The molecule has 0 heterocycles. The van der Waals surface area contributed by atoms with E-state index in [0.717, 1.165) is 6.42 Å². The van der Waals surface area contributed by atoms with E-state index in [0.29, 0.717) is 6.61 Å². The Morgan fingerprint density at radius 3 is 2.67 bits per heavy atom. The SMILES string of the molecule is COC(C)CCOCCl. The second kappa shape index (κ2) is 6.33. The standard InChI is InChI=1S/C6H13ClO2/c1-6(8-2)3-4-9-5-7/h6H,3-5H2,1-2H3. The van der Waals surface area contributed by atoms with E-state index in [2.05, 4.69) is 0 Å². The maximum atomic E-state index is 5.27. The Morgan fingerprint density at radius 1 is 1.56 bits per heavy atom. The van der Waals surface area contributed by atoms with Crippen LogP contribution in [0.2, 0.25) is 0 Å². The van der Waals surface area contributed by atoms with Gasteiger partial charge in [-0.3, -0.25) is 0 Å². The van der Waals surface area contributed by atoms with Crippen molar-refractivity contribution in [1.29, 1.82) is 0 Å². The molecule has 0 saturated heterocycles. The first-order valence-corrected chi connectivity index (χ1v) is 3.51. The molecule has 0 aromatic heterocycles. The quantitative estimate of drug-likeness (QED) is 0.440. The van der Waals surface area contributed by atoms with Crippen LogP contribution in [-0.4, -0.2) is 25.9 Å². The lowest BCUT2D eigenvalue weighted by molar-refractivity contribution is 0.0745. The molecule has 0 aliphatic rings. The van der Waals surface area contributed by atoms with Crippen LogP contribution in [0.25, 0.3) is 0 Å². The second-order valence-electron chi connectivity index (χ2n) is 1.85. The molecule has 0 aliphatic carbocycles. The van der Waals surface area contributed by atoms with Crippen molar-refractivity contribution in [2.45, 2.75) is 19.4 Å². The molecule has 0 aromatic carbocycles. The highest BCUT2D eigenvalue weighted by Gasteiger charge is 1.96. The van der Waals surface area contributed by atoms with Crippen molar-refractivity contribution in [2.24, 2.45) is 0 Å². The molecule has 0 bridgehead atoms. The van der Waals surface area contributed by atoms with Crippen LogP contribution in [0.1, 0.15) is 13.3 Å². The Morgan fingerprint density at radius 2 is 2.22 bits per heavy atom. The fraction of sp³-hybridized carbons (Fsp3) is 1.00. The first kappa shape index (κ1) is 9.21. The number of methoxy groups -OCH3 is 1. The third kappa shape index (κ3) is 6.09. The van der Waals surface area contributed by atoms with Gasteiger partial charge in [0.15, 0.2) is 0 Å². The molecule has 56 valence electrons. The maximum Gasteiger partial charge on any atom is 0.120 e. The van der Waals surface area contributed by atoms with E-state index in [1.165, 1.54) is 0 Å². The molecule has 0 radical (unpaired) electrons. The van der Waals surface area contributed by atoms with Crippen LogP contribution in [0.4, 0.5) is 0 Å². The summed E-state index contributed by atoms with van der Waals surface area (Å²) in [7, 11) is 1.69. The highest BCUT2D eigenvalue weighted by atomic mass is 35.5. The molecule has 0 aliphatic heterocycles. The van der Waals surface area contributed by atoms with Crippen molar-refractivity contribution in [3.05, 3.63) is 0 Å². The fourth-order valence-corrected chi connectivity index (χ4v) is 0.531. The Bertz CT molecular complexity index is 59.0. The van der Waals surface area contributed by atoms with Gasteiger partial charge in [0.1, 0.15) is 6.07 Å². The predicted octanol–water partition coefficient (Wildman–Crippen LogP) is 1.62. The zero-order valence-electron chi connectivity index (χ0n) is 5.89. The summed E-state index contributed by atoms with van der Waals surface area (Å²) in [5, 5.41) is 0. The van der Waals surface area contributed by atoms with Crippen LogP contribution >= 0.6 is 11.6 Å². The monoisotopic (exact) mass is 152 g/mol. The summed E-state index contributed by atoms with van der Waals surface area (Å²) < 4.78 is 9.87. The van der Waals surface area contributed by atoms with Crippen LogP contribution < -0.4 is 0 Å². The van der Waals surface area contributed by atoms with E-state index in [9.17, 15) is 0 Å². The largest absolute Gasteiger partial charge is 0.382 e. The second-order valence-corrected chi connectivity index (χ2v) is 2.07. The molecular formula is C6H13ClO2. The lowest BCUT2D eigenvalue weighted by Crippen LogP contribution is -2.08. The Hall–Kier alpha value is 0.210. The zero-order chi connectivity index (χ0) is 7.11. The van der Waals surface area contributed by atoms with Gasteiger partial charge in [-0.15, -0.1) is 0 Å². The summed E-state index contributed by atoms with van der Waals surface area (Å²) in [5.74, 6) is 0. The van der Waals surface area contributed by atoms with Crippen LogP contribution in [0.3, 0.4) is 0 Å². The highest BCUT2D eigenvalue weighted by Crippen LogP contribution is 1.95. The highest BCUT2D eigenvalue weighted by molar-refractivity contribution is 6.17. The van der Waals surface area contributed by atoms with Crippen LogP contribution in [-0.2, 0) is 9.47 Å². The number of rotatable bonds is 5. The van der Waals surface area contributed by atoms with E-state index in [4.69, 9.17) is 21.1 Å². The smallest absolute Gasteiger partial charge is 0.120 e. The first-order valence-electron chi connectivity index (χ1n) is 2.97. The van der Waals surface area contributed by atoms with Crippen LogP contribution in [0.5, 0.6) is 0 Å². The minimum Gasteiger partial charge on any atom is -0.382 e. The van der Waals surface area contributed by atoms with Gasteiger partial charge < -0.3 is 9.47 Å². The molecule has 0 saturated carbocycles. The molecular weight excluding hydrogens is 140 g/mol. The average Bonchev–Trinajstić information content (AvgIpc) is 1.89. The molecule has 0 rings (SSSR count). The fourth-order valence-electron chi connectivity index (χ4n) is 0.422. The van der Waals surface area contributed by atoms with Crippen LogP contribution in [0.15, 0.2) is 0 Å². The van der Waals surface area contributed by atoms with Crippen molar-refractivity contribution in [3.8, 4) is 0 Å². The molecule has 0 N–H and O–H groups in total. The van der Waals surface area contributed by atoms with Gasteiger partial charge in [0.2, 0.25) is 0 Å². The molecule has 0 aromatic rings.